The maximum Gasteiger partial charge on any atom is 0.0514 e. The zero-order valence-electron chi connectivity index (χ0n) is 7.88. The lowest BCUT2D eigenvalue weighted by Crippen LogP contribution is -2.08. The second-order valence-electron chi connectivity index (χ2n) is 3.90. The minimum Gasteiger partial charge on any atom is -0.345 e. The smallest absolute Gasteiger partial charge is 0.0514 e. The van der Waals surface area contributed by atoms with Crippen LogP contribution in [0.25, 0.3) is 10.9 Å². The van der Waals surface area contributed by atoms with Gasteiger partial charge in [-0.15, -0.1) is 0 Å². The van der Waals surface area contributed by atoms with Crippen molar-refractivity contribution in [3.8, 4) is 0 Å². The molecule has 1 aliphatic rings. The molecule has 1 nitrogen and oxygen atoms in total. The highest BCUT2D eigenvalue weighted by Crippen LogP contribution is 2.27. The van der Waals surface area contributed by atoms with Crippen molar-refractivity contribution in [3.05, 3.63) is 35.5 Å². The Bertz CT molecular complexity index is 465. The van der Waals surface area contributed by atoms with Crippen molar-refractivity contribution in [2.24, 2.45) is 0 Å². The van der Waals surface area contributed by atoms with E-state index in [1.165, 1.54) is 41.5 Å². The number of benzene rings is 1. The highest BCUT2D eigenvalue weighted by molar-refractivity contribution is 5.84. The maximum atomic E-state index is 2.45. The second-order valence-corrected chi connectivity index (χ2v) is 3.90. The molecule has 13 heavy (non-hydrogen) atoms. The first-order valence-electron chi connectivity index (χ1n) is 4.94. The van der Waals surface area contributed by atoms with E-state index in [0.29, 0.717) is 0 Å². The molecule has 0 fully saturated rings. The number of aromatic nitrogens is 1. The number of nitrogens with zero attached hydrogens (tertiary/aromatic N) is 1. The third kappa shape index (κ3) is 0.873. The van der Waals surface area contributed by atoms with Gasteiger partial charge >= 0.3 is 0 Å². The Morgan fingerprint density at radius 1 is 1.31 bits per heavy atom. The number of hydrogen-bond acceptors (Lipinski definition) is 0. The molecule has 0 unspecified atom stereocenters. The zero-order valence-corrected chi connectivity index (χ0v) is 7.88. The van der Waals surface area contributed by atoms with Gasteiger partial charge in [-0.1, -0.05) is 18.2 Å². The molecular weight excluding hydrogens is 158 g/mol. The Labute approximate surface area is 78.0 Å². The van der Waals surface area contributed by atoms with Crippen molar-refractivity contribution < 1.29 is 0 Å². The summed E-state index contributed by atoms with van der Waals surface area (Å²) in [7, 11) is 0. The summed E-state index contributed by atoms with van der Waals surface area (Å²) in [5, 5.41) is 1.41. The van der Waals surface area contributed by atoms with Crippen LogP contribution in [0.2, 0.25) is 0 Å². The van der Waals surface area contributed by atoms with Gasteiger partial charge in [-0.2, -0.15) is 0 Å². The van der Waals surface area contributed by atoms with E-state index in [0.717, 1.165) is 0 Å². The van der Waals surface area contributed by atoms with Gasteiger partial charge in [-0.05, 0) is 31.4 Å². The molecule has 0 bridgehead atoms. The van der Waals surface area contributed by atoms with Crippen molar-refractivity contribution in [1.29, 1.82) is 0 Å². The third-order valence-corrected chi connectivity index (χ3v) is 3.04. The van der Waals surface area contributed by atoms with Gasteiger partial charge in [0.15, 0.2) is 0 Å². The normalized spacial score (nSPS) is 15.2. The molecule has 66 valence electrons. The number of aryl methyl sites for hydroxylation is 3. The zero-order chi connectivity index (χ0) is 8.84. The van der Waals surface area contributed by atoms with E-state index in [1.807, 2.05) is 0 Å². The van der Waals surface area contributed by atoms with Crippen molar-refractivity contribution >= 4 is 10.9 Å². The standard InChI is InChI=1S/C12H13N/c1-9-8-11-5-2-4-10-6-3-7-13(9)12(10)11/h2,4-5,8H,3,6-7H2,1H3. The molecule has 1 heteroatoms. The van der Waals surface area contributed by atoms with Crippen LogP contribution in [0.3, 0.4) is 0 Å². The Hall–Kier alpha value is -1.24. The fraction of sp³-hybridized carbons (Fsp3) is 0.333. The second kappa shape index (κ2) is 2.38. The van der Waals surface area contributed by atoms with E-state index in [4.69, 9.17) is 0 Å². The van der Waals surface area contributed by atoms with Gasteiger partial charge in [0.05, 0.1) is 5.52 Å². The summed E-state index contributed by atoms with van der Waals surface area (Å²) < 4.78 is 2.45. The highest BCUT2D eigenvalue weighted by Gasteiger charge is 2.13. The van der Waals surface area contributed by atoms with Crippen LogP contribution in [0.1, 0.15) is 17.7 Å². The molecule has 0 saturated heterocycles. The van der Waals surface area contributed by atoms with Crippen molar-refractivity contribution in [2.75, 3.05) is 0 Å². The van der Waals surface area contributed by atoms with E-state index in [2.05, 4.69) is 35.8 Å². The van der Waals surface area contributed by atoms with Gasteiger partial charge in [-0.25, -0.2) is 0 Å². The molecule has 0 radical (unpaired) electrons. The number of para-hydroxylation sites is 1. The molecule has 0 spiro atoms. The predicted octanol–water partition coefficient (Wildman–Crippen LogP) is 2.90. The van der Waals surface area contributed by atoms with E-state index < -0.39 is 0 Å². The van der Waals surface area contributed by atoms with Gasteiger partial charge in [0.2, 0.25) is 0 Å². The quantitative estimate of drug-likeness (QED) is 0.574. The molecule has 0 saturated carbocycles. The molecule has 1 aliphatic heterocycles. The summed E-state index contributed by atoms with van der Waals surface area (Å²) in [5.74, 6) is 0. The monoisotopic (exact) mass is 171 g/mol. The molecular formula is C12H13N. The third-order valence-electron chi connectivity index (χ3n) is 3.04. The van der Waals surface area contributed by atoms with Gasteiger partial charge < -0.3 is 4.57 Å². The van der Waals surface area contributed by atoms with Crippen LogP contribution in [0.15, 0.2) is 24.3 Å². The average Bonchev–Trinajstić information content (AvgIpc) is 2.47. The van der Waals surface area contributed by atoms with E-state index in [9.17, 15) is 0 Å². The Balaban J connectivity index is 2.51. The van der Waals surface area contributed by atoms with Crippen LogP contribution in [-0.2, 0) is 13.0 Å². The molecule has 0 N–H and O–H groups in total. The fourth-order valence-corrected chi connectivity index (χ4v) is 2.45. The average molecular weight is 171 g/mol. The molecule has 3 rings (SSSR count). The summed E-state index contributed by atoms with van der Waals surface area (Å²) >= 11 is 0. The number of hydrogen-bond donors (Lipinski definition) is 0. The first kappa shape index (κ1) is 7.19. The van der Waals surface area contributed by atoms with E-state index >= 15 is 0 Å². The molecule has 1 aromatic carbocycles. The first-order chi connectivity index (χ1) is 6.36. The molecule has 2 aromatic rings. The van der Waals surface area contributed by atoms with Gasteiger partial charge in [0, 0.05) is 17.6 Å². The summed E-state index contributed by atoms with van der Waals surface area (Å²) in [5.41, 5.74) is 4.41. The first-order valence-corrected chi connectivity index (χ1v) is 4.94. The lowest BCUT2D eigenvalue weighted by molar-refractivity contribution is 0.623. The minimum atomic E-state index is 1.20. The van der Waals surface area contributed by atoms with E-state index in [1.54, 1.807) is 0 Å². The number of rotatable bonds is 0. The van der Waals surface area contributed by atoms with Crippen molar-refractivity contribution in [3.63, 3.8) is 0 Å². The summed E-state index contributed by atoms with van der Waals surface area (Å²) in [6, 6.07) is 8.95. The van der Waals surface area contributed by atoms with Crippen LogP contribution in [0, 0.1) is 6.92 Å². The molecule has 1 aromatic heterocycles. The Kier molecular flexibility index (Phi) is 1.32. The van der Waals surface area contributed by atoms with E-state index in [-0.39, 0.29) is 0 Å². The molecule has 0 atom stereocenters. The summed E-state index contributed by atoms with van der Waals surface area (Å²) in [6.45, 7) is 3.40. The summed E-state index contributed by atoms with van der Waals surface area (Å²) in [6.07, 6.45) is 2.54. The van der Waals surface area contributed by atoms with Crippen molar-refractivity contribution in [1.82, 2.24) is 4.57 Å². The maximum absolute atomic E-state index is 2.45. The van der Waals surface area contributed by atoms with Gasteiger partial charge in [0.25, 0.3) is 0 Å². The Morgan fingerprint density at radius 3 is 3.15 bits per heavy atom. The van der Waals surface area contributed by atoms with Gasteiger partial charge in [-0.3, -0.25) is 0 Å². The molecule has 2 heterocycles. The Morgan fingerprint density at radius 2 is 2.23 bits per heavy atom. The van der Waals surface area contributed by atoms with Crippen LogP contribution < -0.4 is 0 Å². The predicted molar refractivity (Wildman–Crippen MR) is 55.0 cm³/mol. The lowest BCUT2D eigenvalue weighted by Gasteiger charge is -2.16. The minimum absolute atomic E-state index is 1.20. The van der Waals surface area contributed by atoms with Crippen LogP contribution >= 0.6 is 0 Å². The van der Waals surface area contributed by atoms with Crippen LogP contribution in [0.4, 0.5) is 0 Å². The fourth-order valence-electron chi connectivity index (χ4n) is 2.45. The lowest BCUT2D eigenvalue weighted by atomic mass is 10.0. The topological polar surface area (TPSA) is 4.93 Å². The van der Waals surface area contributed by atoms with Gasteiger partial charge in [0.1, 0.15) is 0 Å². The van der Waals surface area contributed by atoms with Crippen LogP contribution in [-0.4, -0.2) is 4.57 Å². The molecule has 0 aliphatic carbocycles. The summed E-state index contributed by atoms with van der Waals surface area (Å²) in [4.78, 5) is 0. The molecule has 0 amide bonds. The SMILES string of the molecule is Cc1cc2cccc3c2n1CCC3. The van der Waals surface area contributed by atoms with Crippen molar-refractivity contribution in [2.45, 2.75) is 26.3 Å². The highest BCUT2D eigenvalue weighted by atomic mass is 15.0. The largest absolute Gasteiger partial charge is 0.345 e. The van der Waals surface area contributed by atoms with Crippen LogP contribution in [0.5, 0.6) is 0 Å².